The van der Waals surface area contributed by atoms with E-state index in [0.29, 0.717) is 0 Å². The fraction of sp³-hybridized carbons (Fsp3) is 0.417. The number of nitrogens with one attached hydrogen (secondary N) is 1. The van der Waals surface area contributed by atoms with Crippen molar-refractivity contribution < 1.29 is 4.42 Å². The van der Waals surface area contributed by atoms with E-state index in [9.17, 15) is 0 Å². The molecule has 0 saturated carbocycles. The van der Waals surface area contributed by atoms with Gasteiger partial charge in [0.05, 0.1) is 17.5 Å². The van der Waals surface area contributed by atoms with E-state index in [0.717, 1.165) is 30.0 Å². The third-order valence-corrected chi connectivity index (χ3v) is 2.68. The van der Waals surface area contributed by atoms with Crippen molar-refractivity contribution in [3.8, 4) is 11.3 Å². The third-order valence-electron chi connectivity index (χ3n) is 2.68. The van der Waals surface area contributed by atoms with Gasteiger partial charge in [0, 0.05) is 20.0 Å². The van der Waals surface area contributed by atoms with Crippen LogP contribution < -0.4 is 5.32 Å². The molecule has 0 aliphatic heterocycles. The van der Waals surface area contributed by atoms with Gasteiger partial charge in [0.15, 0.2) is 0 Å². The van der Waals surface area contributed by atoms with E-state index in [1.54, 1.807) is 0 Å². The Hall–Kier alpha value is -1.55. The number of hydrogen-bond donors (Lipinski definition) is 1. The molecule has 2 heterocycles. The predicted molar refractivity (Wildman–Crippen MR) is 63.3 cm³/mol. The molecule has 0 bridgehead atoms. The summed E-state index contributed by atoms with van der Waals surface area (Å²) in [6, 6.07) is 3.97. The lowest BCUT2D eigenvalue weighted by Gasteiger charge is -2.04. The molecule has 0 aromatic carbocycles. The second-order valence-electron chi connectivity index (χ2n) is 3.89. The Labute approximate surface area is 95.3 Å². The Kier molecular flexibility index (Phi) is 3.10. The second-order valence-corrected chi connectivity index (χ2v) is 3.89. The maximum absolute atomic E-state index is 5.63. The summed E-state index contributed by atoms with van der Waals surface area (Å²) in [6.07, 6.45) is 2.81. The van der Waals surface area contributed by atoms with E-state index in [1.807, 2.05) is 44.0 Å². The molecule has 2 aromatic rings. The number of nitrogens with zero attached hydrogens (tertiary/aromatic N) is 2. The van der Waals surface area contributed by atoms with E-state index in [2.05, 4.69) is 10.4 Å². The topological polar surface area (TPSA) is 43.0 Å². The maximum Gasteiger partial charge on any atom is 0.137 e. The highest BCUT2D eigenvalue weighted by molar-refractivity contribution is 5.59. The molecular weight excluding hydrogens is 202 g/mol. The van der Waals surface area contributed by atoms with Crippen molar-refractivity contribution in [2.75, 3.05) is 13.6 Å². The number of rotatable bonds is 4. The smallest absolute Gasteiger partial charge is 0.137 e. The molecule has 0 spiro atoms. The van der Waals surface area contributed by atoms with Crippen molar-refractivity contribution in [2.24, 2.45) is 7.05 Å². The summed E-state index contributed by atoms with van der Waals surface area (Å²) in [6.45, 7) is 2.89. The molecule has 0 unspecified atom stereocenters. The normalized spacial score (nSPS) is 10.9. The summed E-state index contributed by atoms with van der Waals surface area (Å²) in [7, 11) is 3.91. The van der Waals surface area contributed by atoms with Gasteiger partial charge in [-0.2, -0.15) is 5.10 Å². The highest BCUT2D eigenvalue weighted by atomic mass is 16.3. The first-order valence-corrected chi connectivity index (χ1v) is 5.44. The van der Waals surface area contributed by atoms with Crippen LogP contribution in [-0.2, 0) is 13.5 Å². The minimum Gasteiger partial charge on any atom is -0.461 e. The Morgan fingerprint density at radius 1 is 1.44 bits per heavy atom. The summed E-state index contributed by atoms with van der Waals surface area (Å²) in [5.41, 5.74) is 2.29. The van der Waals surface area contributed by atoms with Crippen molar-refractivity contribution in [2.45, 2.75) is 13.3 Å². The largest absolute Gasteiger partial charge is 0.461 e. The van der Waals surface area contributed by atoms with Crippen molar-refractivity contribution in [1.82, 2.24) is 15.1 Å². The molecule has 16 heavy (non-hydrogen) atoms. The van der Waals surface area contributed by atoms with E-state index in [1.165, 1.54) is 5.69 Å². The fourth-order valence-electron chi connectivity index (χ4n) is 1.79. The van der Waals surface area contributed by atoms with Crippen LogP contribution in [0.1, 0.15) is 11.5 Å². The molecule has 2 aromatic heterocycles. The van der Waals surface area contributed by atoms with Gasteiger partial charge in [0.25, 0.3) is 0 Å². The summed E-state index contributed by atoms with van der Waals surface area (Å²) in [4.78, 5) is 0. The molecule has 0 radical (unpaired) electrons. The lowest BCUT2D eigenvalue weighted by atomic mass is 10.1. The highest BCUT2D eigenvalue weighted by Gasteiger charge is 2.12. The first kappa shape index (κ1) is 11.0. The minimum absolute atomic E-state index is 0.900. The van der Waals surface area contributed by atoms with Gasteiger partial charge in [-0.1, -0.05) is 0 Å². The first-order chi connectivity index (χ1) is 7.72. The second kappa shape index (κ2) is 4.53. The maximum atomic E-state index is 5.63. The number of hydrogen-bond acceptors (Lipinski definition) is 3. The van der Waals surface area contributed by atoms with Gasteiger partial charge in [-0.05, 0) is 26.1 Å². The van der Waals surface area contributed by atoms with Gasteiger partial charge in [0.1, 0.15) is 11.5 Å². The lowest BCUT2D eigenvalue weighted by molar-refractivity contribution is 0.547. The first-order valence-electron chi connectivity index (χ1n) is 5.44. The van der Waals surface area contributed by atoms with Crippen LogP contribution in [-0.4, -0.2) is 23.4 Å². The molecule has 0 fully saturated rings. The van der Waals surface area contributed by atoms with E-state index in [4.69, 9.17) is 4.42 Å². The van der Waals surface area contributed by atoms with E-state index >= 15 is 0 Å². The third kappa shape index (κ3) is 2.02. The predicted octanol–water partition coefficient (Wildman–Crippen LogP) is 1.75. The molecule has 2 rings (SSSR count). The molecule has 4 nitrogen and oxygen atoms in total. The zero-order valence-electron chi connectivity index (χ0n) is 9.95. The Morgan fingerprint density at radius 3 is 2.88 bits per heavy atom. The lowest BCUT2D eigenvalue weighted by Crippen LogP contribution is -2.13. The van der Waals surface area contributed by atoms with Gasteiger partial charge in [0.2, 0.25) is 0 Å². The van der Waals surface area contributed by atoms with Gasteiger partial charge < -0.3 is 9.73 Å². The van der Waals surface area contributed by atoms with Crippen LogP contribution in [0, 0.1) is 6.92 Å². The van der Waals surface area contributed by atoms with Crippen molar-refractivity contribution >= 4 is 0 Å². The standard InChI is InChI=1S/C12H17N3O/c1-9-4-5-12(16-9)10-8-14-15(3)11(10)6-7-13-2/h4-5,8,13H,6-7H2,1-3H3. The molecule has 0 aliphatic rings. The monoisotopic (exact) mass is 219 g/mol. The summed E-state index contributed by atoms with van der Waals surface area (Å²) in [5, 5.41) is 7.43. The Morgan fingerprint density at radius 2 is 2.25 bits per heavy atom. The molecule has 4 heteroatoms. The fourth-order valence-corrected chi connectivity index (χ4v) is 1.79. The number of aromatic nitrogens is 2. The van der Waals surface area contributed by atoms with Crippen LogP contribution in [0.2, 0.25) is 0 Å². The van der Waals surface area contributed by atoms with Gasteiger partial charge >= 0.3 is 0 Å². The van der Waals surface area contributed by atoms with E-state index in [-0.39, 0.29) is 0 Å². The zero-order valence-corrected chi connectivity index (χ0v) is 9.95. The average Bonchev–Trinajstić information content (AvgIpc) is 2.82. The SMILES string of the molecule is CNCCc1c(-c2ccc(C)o2)cnn1C. The number of aryl methyl sites for hydroxylation is 2. The number of furan rings is 1. The van der Waals surface area contributed by atoms with Crippen molar-refractivity contribution in [3.05, 3.63) is 29.8 Å². The zero-order chi connectivity index (χ0) is 11.5. The van der Waals surface area contributed by atoms with Crippen LogP contribution in [0.4, 0.5) is 0 Å². The molecule has 0 atom stereocenters. The quantitative estimate of drug-likeness (QED) is 0.852. The number of likely N-dealkylation sites (N-methyl/N-ethyl adjacent to an activating group) is 1. The molecule has 0 aliphatic carbocycles. The van der Waals surface area contributed by atoms with Crippen LogP contribution in [0.3, 0.4) is 0 Å². The molecular formula is C12H17N3O. The Balaban J connectivity index is 2.33. The van der Waals surface area contributed by atoms with E-state index < -0.39 is 0 Å². The van der Waals surface area contributed by atoms with Crippen LogP contribution >= 0.6 is 0 Å². The van der Waals surface area contributed by atoms with Gasteiger partial charge in [-0.3, -0.25) is 4.68 Å². The molecule has 1 N–H and O–H groups in total. The highest BCUT2D eigenvalue weighted by Crippen LogP contribution is 2.25. The molecule has 86 valence electrons. The van der Waals surface area contributed by atoms with Crippen LogP contribution in [0.25, 0.3) is 11.3 Å². The van der Waals surface area contributed by atoms with Crippen LogP contribution in [0.15, 0.2) is 22.7 Å². The molecule has 0 amide bonds. The van der Waals surface area contributed by atoms with Crippen molar-refractivity contribution in [3.63, 3.8) is 0 Å². The minimum atomic E-state index is 0.900. The summed E-state index contributed by atoms with van der Waals surface area (Å²) < 4.78 is 7.54. The van der Waals surface area contributed by atoms with Crippen LogP contribution in [0.5, 0.6) is 0 Å². The van der Waals surface area contributed by atoms with Gasteiger partial charge in [-0.15, -0.1) is 0 Å². The Bertz CT molecular complexity index is 470. The summed E-state index contributed by atoms with van der Waals surface area (Å²) in [5.74, 6) is 1.83. The van der Waals surface area contributed by atoms with Gasteiger partial charge in [-0.25, -0.2) is 0 Å². The van der Waals surface area contributed by atoms with Crippen molar-refractivity contribution in [1.29, 1.82) is 0 Å². The molecule has 0 saturated heterocycles. The average molecular weight is 219 g/mol. The summed E-state index contributed by atoms with van der Waals surface area (Å²) >= 11 is 0.